The Morgan fingerprint density at radius 1 is 0.714 bits per heavy atom. The second kappa shape index (κ2) is 21.8. The molecule has 0 aliphatic heterocycles. The predicted molar refractivity (Wildman–Crippen MR) is 233 cm³/mol. The highest BCUT2D eigenvalue weighted by Gasteiger charge is 2.21. The molecular weight excluding hydrogens is 823 g/mol. The average molecular weight is 879 g/mol. The molecular formula is C42H56F2N12O7. The zero-order valence-corrected chi connectivity index (χ0v) is 36.9. The van der Waals surface area contributed by atoms with Gasteiger partial charge in [0.1, 0.15) is 41.1 Å². The summed E-state index contributed by atoms with van der Waals surface area (Å²) < 4.78 is 43.0. The van der Waals surface area contributed by atoms with E-state index in [9.17, 15) is 23.2 Å². The standard InChI is InChI=1S/C21H27FN6O3.C13H12FN5O.C8H17NO3/c1-12(26-20(29)31-21(3,4)5)10-30-19-15(8-14(22)9-23-19)13(2)27-17-7-6-16-18(28-17)25-11-24-16;1-7(9-4-8(14)5-15-13(9)20)18-11-3-2-10-12(19-11)17-6-16-10;1-6(5-10)9-7(11)12-8(2,3)4/h6-9,11-13H,10H2,1-5H3,(H,26,29)(H2,24,25,27,28);2-7H,1H3,(H,15,20)(H2,16,17,18,19);6,10H,5H2,1-4H3,(H,9,11)/t12-,13?;;6-/m0.0/s1. The molecule has 21 heteroatoms. The van der Waals surface area contributed by atoms with Crippen LogP contribution >= 0.6 is 0 Å². The van der Waals surface area contributed by atoms with Gasteiger partial charge in [-0.3, -0.25) is 4.79 Å². The first kappa shape index (κ1) is 48.8. The number of carbonyl (C=O) groups is 2. The first-order valence-corrected chi connectivity index (χ1v) is 20.0. The van der Waals surface area contributed by atoms with Gasteiger partial charge >= 0.3 is 12.2 Å². The van der Waals surface area contributed by atoms with E-state index in [2.05, 4.69) is 61.1 Å². The van der Waals surface area contributed by atoms with Crippen molar-refractivity contribution in [3.8, 4) is 5.88 Å². The number of pyridine rings is 4. The Hall–Kier alpha value is -6.90. The fourth-order valence-corrected chi connectivity index (χ4v) is 5.38. The molecule has 0 saturated heterocycles. The Labute approximate surface area is 362 Å². The van der Waals surface area contributed by atoms with Crippen molar-refractivity contribution in [2.45, 2.75) is 105 Å². The number of ether oxygens (including phenoxy) is 3. The molecule has 0 fully saturated rings. The summed E-state index contributed by atoms with van der Waals surface area (Å²) in [5.41, 5.74) is 2.23. The molecule has 340 valence electrons. The Morgan fingerprint density at radius 2 is 1.21 bits per heavy atom. The van der Waals surface area contributed by atoms with Crippen LogP contribution in [0.5, 0.6) is 5.88 Å². The normalized spacial score (nSPS) is 13.2. The van der Waals surface area contributed by atoms with E-state index in [1.165, 1.54) is 12.1 Å². The Balaban J connectivity index is 0.000000232. The SMILES string of the molecule is CC(Nc1ccc2[nH]cnc2n1)c1cc(F)c[nH]c1=O.CC(Nc1ccc2[nH]cnc2n1)c1cc(F)cnc1OC[C@H](C)NC(=O)OC(C)(C)C.C[C@@H](CO)NC(=O)OC(C)(C)C. The van der Waals surface area contributed by atoms with Crippen LogP contribution in [0.2, 0.25) is 0 Å². The quantitative estimate of drug-likeness (QED) is 0.0629. The number of carbonyl (C=O) groups excluding carboxylic acids is 2. The predicted octanol–water partition coefficient (Wildman–Crippen LogP) is 6.81. The second-order valence-electron chi connectivity index (χ2n) is 16.4. The number of H-pyrrole nitrogens is 3. The Bertz CT molecular complexity index is 2480. The number of aliphatic hydroxyl groups is 1. The lowest BCUT2D eigenvalue weighted by Crippen LogP contribution is -2.40. The molecule has 2 amide bonds. The van der Waals surface area contributed by atoms with Crippen molar-refractivity contribution < 1.29 is 37.7 Å². The van der Waals surface area contributed by atoms with E-state index in [1.54, 1.807) is 87.1 Å². The molecule has 63 heavy (non-hydrogen) atoms. The van der Waals surface area contributed by atoms with Gasteiger partial charge in [-0.15, -0.1) is 0 Å². The maximum atomic E-state index is 13.9. The van der Waals surface area contributed by atoms with Gasteiger partial charge in [0.2, 0.25) is 5.88 Å². The number of imidazole rings is 2. The zero-order valence-electron chi connectivity index (χ0n) is 36.9. The van der Waals surface area contributed by atoms with E-state index in [0.717, 1.165) is 23.4 Å². The monoisotopic (exact) mass is 878 g/mol. The number of hydrogen-bond acceptors (Lipinski definition) is 14. The summed E-state index contributed by atoms with van der Waals surface area (Å²) in [6, 6.07) is 8.50. The number of halogens is 2. The van der Waals surface area contributed by atoms with Gasteiger partial charge in [-0.05, 0) is 106 Å². The van der Waals surface area contributed by atoms with E-state index < -0.39 is 35.0 Å². The van der Waals surface area contributed by atoms with Crippen molar-refractivity contribution in [2.24, 2.45) is 0 Å². The van der Waals surface area contributed by atoms with Gasteiger partial charge in [0.05, 0.1) is 60.7 Å². The summed E-state index contributed by atoms with van der Waals surface area (Å²) in [4.78, 5) is 63.8. The molecule has 8 N–H and O–H groups in total. The maximum Gasteiger partial charge on any atom is 0.407 e. The van der Waals surface area contributed by atoms with Crippen LogP contribution in [0.15, 0.2) is 66.2 Å². The summed E-state index contributed by atoms with van der Waals surface area (Å²) in [6.07, 6.45) is 4.22. The van der Waals surface area contributed by atoms with E-state index in [-0.39, 0.29) is 48.8 Å². The average Bonchev–Trinajstić information content (AvgIpc) is 3.86. The Morgan fingerprint density at radius 3 is 1.71 bits per heavy atom. The third-order valence-corrected chi connectivity index (χ3v) is 8.24. The number of aromatic amines is 3. The molecule has 0 radical (unpaired) electrons. The third-order valence-electron chi connectivity index (χ3n) is 8.24. The van der Waals surface area contributed by atoms with Gasteiger partial charge < -0.3 is 55.5 Å². The number of nitrogens with one attached hydrogen (secondary N) is 7. The van der Waals surface area contributed by atoms with Crippen molar-refractivity contribution >= 4 is 46.1 Å². The van der Waals surface area contributed by atoms with E-state index in [1.807, 2.05) is 19.1 Å². The van der Waals surface area contributed by atoms with Crippen LogP contribution in [-0.2, 0) is 9.47 Å². The fourth-order valence-electron chi connectivity index (χ4n) is 5.38. The van der Waals surface area contributed by atoms with Crippen LogP contribution in [0, 0.1) is 11.6 Å². The molecule has 19 nitrogen and oxygen atoms in total. The molecule has 0 bridgehead atoms. The summed E-state index contributed by atoms with van der Waals surface area (Å²) >= 11 is 0. The zero-order chi connectivity index (χ0) is 46.5. The number of rotatable bonds is 12. The minimum absolute atomic E-state index is 0.0841. The Kier molecular flexibility index (Phi) is 16.8. The van der Waals surface area contributed by atoms with Crippen LogP contribution < -0.4 is 31.6 Å². The largest absolute Gasteiger partial charge is 0.475 e. The smallest absolute Gasteiger partial charge is 0.407 e. The minimum atomic E-state index is -0.593. The van der Waals surface area contributed by atoms with Gasteiger partial charge in [0, 0.05) is 17.3 Å². The maximum absolute atomic E-state index is 13.9. The van der Waals surface area contributed by atoms with E-state index in [0.29, 0.717) is 34.1 Å². The molecule has 0 spiro atoms. The van der Waals surface area contributed by atoms with Crippen molar-refractivity contribution in [2.75, 3.05) is 23.8 Å². The number of hydrogen-bond donors (Lipinski definition) is 8. The first-order valence-electron chi connectivity index (χ1n) is 20.0. The van der Waals surface area contributed by atoms with Crippen LogP contribution in [0.3, 0.4) is 0 Å². The van der Waals surface area contributed by atoms with Crippen molar-refractivity contribution in [3.63, 3.8) is 0 Å². The molecule has 6 rings (SSSR count). The number of anilines is 2. The van der Waals surface area contributed by atoms with Crippen molar-refractivity contribution in [3.05, 3.63) is 94.6 Å². The lowest BCUT2D eigenvalue weighted by atomic mass is 10.1. The number of amides is 2. The lowest BCUT2D eigenvalue weighted by Gasteiger charge is -2.22. The molecule has 6 heterocycles. The van der Waals surface area contributed by atoms with Gasteiger partial charge in [0.25, 0.3) is 5.56 Å². The fraction of sp³-hybridized carbons (Fsp3) is 0.429. The summed E-state index contributed by atoms with van der Waals surface area (Å²) in [5.74, 6) is 0.457. The highest BCUT2D eigenvalue weighted by Crippen LogP contribution is 2.27. The molecule has 4 atom stereocenters. The minimum Gasteiger partial charge on any atom is -0.475 e. The van der Waals surface area contributed by atoms with E-state index >= 15 is 0 Å². The van der Waals surface area contributed by atoms with Crippen LogP contribution in [-0.4, -0.2) is 93.7 Å². The van der Waals surface area contributed by atoms with Gasteiger partial charge in [-0.1, -0.05) is 0 Å². The van der Waals surface area contributed by atoms with Crippen molar-refractivity contribution in [1.29, 1.82) is 0 Å². The van der Waals surface area contributed by atoms with Crippen LogP contribution in [0.1, 0.15) is 92.4 Å². The molecule has 2 unspecified atom stereocenters. The number of aromatic nitrogens is 8. The molecule has 6 aromatic heterocycles. The van der Waals surface area contributed by atoms with Gasteiger partial charge in [0.15, 0.2) is 11.3 Å². The summed E-state index contributed by atoms with van der Waals surface area (Å²) in [6.45, 7) is 17.9. The molecule has 0 saturated carbocycles. The molecule has 0 aliphatic carbocycles. The topological polar surface area (TPSA) is 259 Å². The molecule has 0 aromatic carbocycles. The highest BCUT2D eigenvalue weighted by atomic mass is 19.1. The number of alkyl carbamates (subject to hydrolysis) is 2. The number of nitrogens with zero attached hydrogens (tertiary/aromatic N) is 5. The third kappa shape index (κ3) is 16.1. The lowest BCUT2D eigenvalue weighted by molar-refractivity contribution is 0.0480. The summed E-state index contributed by atoms with van der Waals surface area (Å²) in [7, 11) is 0. The first-order chi connectivity index (χ1) is 29.6. The van der Waals surface area contributed by atoms with Gasteiger partial charge in [-0.2, -0.15) is 0 Å². The molecule has 0 aliphatic rings. The van der Waals surface area contributed by atoms with E-state index in [4.69, 9.17) is 19.3 Å². The number of fused-ring (bicyclic) bond motifs is 2. The number of aliphatic hydroxyl groups excluding tert-OH is 1. The highest BCUT2D eigenvalue weighted by molar-refractivity contribution is 5.73. The van der Waals surface area contributed by atoms with Crippen LogP contribution in [0.4, 0.5) is 30.0 Å². The molecule has 6 aromatic rings. The summed E-state index contributed by atoms with van der Waals surface area (Å²) in [5, 5.41) is 20.1. The van der Waals surface area contributed by atoms with Crippen LogP contribution in [0.25, 0.3) is 22.3 Å². The van der Waals surface area contributed by atoms with Gasteiger partial charge in [-0.25, -0.2) is 43.3 Å². The second-order valence-corrected chi connectivity index (χ2v) is 16.4. The van der Waals surface area contributed by atoms with Crippen molar-refractivity contribution in [1.82, 2.24) is 50.5 Å².